The number of halogens is 1. The Morgan fingerprint density at radius 3 is 2.51 bits per heavy atom. The number of fused-ring (bicyclic) bond motifs is 1. The monoisotopic (exact) mass is 531 g/mol. The molecule has 2 heterocycles. The van der Waals surface area contributed by atoms with Crippen molar-refractivity contribution in [2.24, 2.45) is 0 Å². The fraction of sp³-hybridized carbons (Fsp3) is 0.280. The molecule has 0 atom stereocenters. The maximum atomic E-state index is 13.0. The number of aliphatic hydroxyl groups is 1. The second-order valence-electron chi connectivity index (χ2n) is 8.41. The maximum absolute atomic E-state index is 13.0. The number of para-hydroxylation sites is 1. The number of carbonyl (C=O) groups is 1. The van der Waals surface area contributed by atoms with Crippen LogP contribution in [0.4, 0.5) is 5.69 Å². The van der Waals surface area contributed by atoms with Crippen LogP contribution in [-0.4, -0.2) is 48.0 Å². The van der Waals surface area contributed by atoms with E-state index >= 15 is 0 Å². The van der Waals surface area contributed by atoms with Gasteiger partial charge in [-0.2, -0.15) is 0 Å². The van der Waals surface area contributed by atoms with E-state index in [1.807, 2.05) is 25.1 Å². The number of nitrogens with one attached hydrogen (secondary N) is 1. The summed E-state index contributed by atoms with van der Waals surface area (Å²) in [5.74, 6) is -0.173. The molecule has 0 unspecified atom stereocenters. The Kier molecular flexibility index (Phi) is 7.32. The molecular weight excluding hydrogens is 506 g/mol. The van der Waals surface area contributed by atoms with Crippen molar-refractivity contribution in [3.8, 4) is 0 Å². The highest BCUT2D eigenvalue weighted by Crippen LogP contribution is 2.34. The second kappa shape index (κ2) is 10.1. The van der Waals surface area contributed by atoms with Crippen LogP contribution in [-0.2, 0) is 10.0 Å². The average molecular weight is 532 g/mol. The van der Waals surface area contributed by atoms with Crippen LogP contribution in [0.25, 0.3) is 10.2 Å². The van der Waals surface area contributed by atoms with Crippen LogP contribution in [0.5, 0.6) is 0 Å². The first-order chi connectivity index (χ1) is 16.6. The third-order valence-corrected chi connectivity index (χ3v) is 8.49. The topological polar surface area (TPSA) is 99.6 Å². The first-order valence-electron chi connectivity index (χ1n) is 11.1. The number of thiazole rings is 1. The van der Waals surface area contributed by atoms with Crippen LogP contribution < -0.4 is 4.72 Å². The van der Waals surface area contributed by atoms with Crippen molar-refractivity contribution in [1.29, 1.82) is 0 Å². The lowest BCUT2D eigenvalue weighted by Crippen LogP contribution is -2.47. The number of carbonyl (C=O) groups excluding carboxylic acids is 1. The summed E-state index contributed by atoms with van der Waals surface area (Å²) in [7, 11) is -3.85. The lowest BCUT2D eigenvalue weighted by molar-refractivity contribution is 0.0128. The van der Waals surface area contributed by atoms with E-state index in [0.29, 0.717) is 53.3 Å². The molecule has 0 saturated carbocycles. The molecular formula is C25H26ClN3O4S2. The number of piperidine rings is 1. The molecule has 4 rings (SSSR count). The number of nitrogens with zero attached hydrogens (tertiary/aromatic N) is 2. The van der Waals surface area contributed by atoms with Gasteiger partial charge in [-0.3, -0.25) is 9.52 Å². The maximum Gasteiger partial charge on any atom is 0.264 e. The minimum Gasteiger partial charge on any atom is -0.385 e. The highest BCUT2D eigenvalue weighted by Gasteiger charge is 2.37. The number of rotatable bonds is 6. The number of amides is 1. The number of benzene rings is 2. The Morgan fingerprint density at radius 2 is 1.89 bits per heavy atom. The Bertz CT molecular complexity index is 1400. The van der Waals surface area contributed by atoms with E-state index in [4.69, 9.17) is 11.6 Å². The number of sulfonamides is 1. The van der Waals surface area contributed by atoms with Crippen molar-refractivity contribution in [2.75, 3.05) is 17.8 Å². The first kappa shape index (κ1) is 25.4. The zero-order chi connectivity index (χ0) is 25.2. The van der Waals surface area contributed by atoms with Gasteiger partial charge in [0.1, 0.15) is 10.4 Å². The molecule has 1 aliphatic heterocycles. The van der Waals surface area contributed by atoms with E-state index < -0.39 is 15.6 Å². The Morgan fingerprint density at radius 1 is 1.20 bits per heavy atom. The molecule has 1 aliphatic rings. The molecule has 2 aromatic carbocycles. The molecule has 3 aromatic rings. The number of hydrogen-bond acceptors (Lipinski definition) is 6. The van der Waals surface area contributed by atoms with E-state index in [1.54, 1.807) is 47.7 Å². The van der Waals surface area contributed by atoms with E-state index in [-0.39, 0.29) is 10.8 Å². The van der Waals surface area contributed by atoms with Crippen molar-refractivity contribution >= 4 is 54.8 Å². The van der Waals surface area contributed by atoms with Gasteiger partial charge in [-0.25, -0.2) is 13.4 Å². The van der Waals surface area contributed by atoms with E-state index in [0.717, 1.165) is 4.70 Å². The van der Waals surface area contributed by atoms with Crippen molar-refractivity contribution in [3.05, 3.63) is 76.3 Å². The molecule has 1 aromatic heterocycles. The summed E-state index contributed by atoms with van der Waals surface area (Å²) in [5.41, 5.74) is 2.44. The molecule has 2 N–H and O–H groups in total. The van der Waals surface area contributed by atoms with E-state index in [9.17, 15) is 18.3 Å². The van der Waals surface area contributed by atoms with Crippen LogP contribution >= 0.6 is 22.9 Å². The predicted molar refractivity (Wildman–Crippen MR) is 140 cm³/mol. The van der Waals surface area contributed by atoms with E-state index in [1.165, 1.54) is 17.4 Å². The van der Waals surface area contributed by atoms with Gasteiger partial charge >= 0.3 is 0 Å². The normalized spacial score (nSPS) is 17.0. The molecule has 1 saturated heterocycles. The molecule has 1 amide bonds. The Hall–Kier alpha value is -2.72. The number of aromatic nitrogens is 1. The summed E-state index contributed by atoms with van der Waals surface area (Å²) in [6, 6.07) is 11.3. The molecule has 0 spiro atoms. The Labute approximate surface area is 213 Å². The molecule has 184 valence electrons. The fourth-order valence-corrected chi connectivity index (χ4v) is 6.49. The molecule has 0 radical (unpaired) electrons. The summed E-state index contributed by atoms with van der Waals surface area (Å²) < 4.78 is 29.2. The van der Waals surface area contributed by atoms with Crippen LogP contribution in [0.3, 0.4) is 0 Å². The first-order valence-corrected chi connectivity index (χ1v) is 13.8. The third kappa shape index (κ3) is 5.28. The van der Waals surface area contributed by atoms with Gasteiger partial charge in [0, 0.05) is 29.4 Å². The summed E-state index contributed by atoms with van der Waals surface area (Å²) in [5, 5.41) is 11.6. The van der Waals surface area contributed by atoms with Crippen LogP contribution in [0.15, 0.2) is 75.6 Å². The van der Waals surface area contributed by atoms with Crippen molar-refractivity contribution in [3.63, 3.8) is 0 Å². The van der Waals surface area contributed by atoms with Gasteiger partial charge in [0.2, 0.25) is 0 Å². The van der Waals surface area contributed by atoms with Crippen LogP contribution in [0.1, 0.15) is 37.0 Å². The molecule has 10 heteroatoms. The highest BCUT2D eigenvalue weighted by atomic mass is 35.5. The predicted octanol–water partition coefficient (Wildman–Crippen LogP) is 5.15. The zero-order valence-electron chi connectivity index (χ0n) is 19.4. The van der Waals surface area contributed by atoms with Gasteiger partial charge in [-0.1, -0.05) is 29.8 Å². The van der Waals surface area contributed by atoms with Gasteiger partial charge < -0.3 is 10.0 Å². The molecule has 1 fully saturated rings. The van der Waals surface area contributed by atoms with Gasteiger partial charge in [0.05, 0.1) is 15.8 Å². The molecule has 35 heavy (non-hydrogen) atoms. The van der Waals surface area contributed by atoms with Crippen molar-refractivity contribution in [1.82, 2.24) is 9.88 Å². The summed E-state index contributed by atoms with van der Waals surface area (Å²) in [6.07, 6.45) is 4.41. The van der Waals surface area contributed by atoms with Crippen LogP contribution in [0, 0.1) is 0 Å². The third-order valence-electron chi connectivity index (χ3n) is 6.08. The largest absolute Gasteiger partial charge is 0.385 e. The second-order valence-corrected chi connectivity index (χ2v) is 11.5. The van der Waals surface area contributed by atoms with Gasteiger partial charge in [0.25, 0.3) is 15.9 Å². The van der Waals surface area contributed by atoms with E-state index in [2.05, 4.69) is 9.71 Å². The Balaban J connectivity index is 1.44. The van der Waals surface area contributed by atoms with Crippen molar-refractivity contribution in [2.45, 2.75) is 37.2 Å². The lowest BCUT2D eigenvalue weighted by Gasteiger charge is -2.39. The highest BCUT2D eigenvalue weighted by molar-refractivity contribution is 7.93. The average Bonchev–Trinajstić information content (AvgIpc) is 3.31. The molecule has 7 nitrogen and oxygen atoms in total. The number of anilines is 1. The minimum atomic E-state index is -3.85. The summed E-state index contributed by atoms with van der Waals surface area (Å²) in [4.78, 5) is 19.0. The summed E-state index contributed by atoms with van der Waals surface area (Å²) >= 11 is 7.57. The van der Waals surface area contributed by atoms with Gasteiger partial charge in [-0.05, 0) is 68.7 Å². The zero-order valence-corrected chi connectivity index (χ0v) is 21.8. The summed E-state index contributed by atoms with van der Waals surface area (Å²) in [6.45, 7) is 4.38. The minimum absolute atomic E-state index is 0.107. The smallest absolute Gasteiger partial charge is 0.264 e. The standard InChI is InChI=1S/C25H26ClN3O4S2/c1-3-5-20(17(2)26)25(31)12-14-29(15-13-25)24(30)18-8-10-19(11-9-18)28-35(32,33)22-7-4-6-21-23(22)27-16-34-21/h3-11,16,28,31H,12-15H2,1-2H3. The molecule has 0 bridgehead atoms. The quantitative estimate of drug-likeness (QED) is 0.428. The SMILES string of the molecule is CC=CC(=C(C)Cl)C1(O)CCN(C(=O)c2ccc(NS(=O)(=O)c3cccc4scnc34)cc2)CC1. The lowest BCUT2D eigenvalue weighted by atomic mass is 9.83. The van der Waals surface area contributed by atoms with Gasteiger partial charge in [0.15, 0.2) is 0 Å². The number of hydrogen-bond donors (Lipinski definition) is 2. The fourth-order valence-electron chi connectivity index (χ4n) is 4.26. The van der Waals surface area contributed by atoms with Crippen LogP contribution in [0.2, 0.25) is 0 Å². The van der Waals surface area contributed by atoms with Gasteiger partial charge in [-0.15, -0.1) is 11.3 Å². The van der Waals surface area contributed by atoms with Crippen molar-refractivity contribution < 1.29 is 18.3 Å². The molecule has 0 aliphatic carbocycles. The number of allylic oxidation sites excluding steroid dienone is 2. The number of likely N-dealkylation sites (tertiary alicyclic amines) is 1.